The van der Waals surface area contributed by atoms with E-state index >= 15 is 0 Å². The molecule has 0 aliphatic rings. The smallest absolute Gasteiger partial charge is 0.253 e. The molecular weight excluding hydrogens is 461 g/mol. The fourth-order valence-electron chi connectivity index (χ4n) is 3.13. The number of nitrogens with one attached hydrogen (secondary N) is 2. The maximum Gasteiger partial charge on any atom is 0.253 e. The first-order chi connectivity index (χ1) is 16.1. The van der Waals surface area contributed by atoms with Crippen molar-refractivity contribution in [3.63, 3.8) is 0 Å². The molecule has 0 aliphatic carbocycles. The van der Waals surface area contributed by atoms with Crippen LogP contribution in [0.4, 0.5) is 15.8 Å². The second-order valence-corrected chi connectivity index (χ2v) is 9.02. The van der Waals surface area contributed by atoms with Crippen molar-refractivity contribution in [2.75, 3.05) is 36.6 Å². The molecule has 0 saturated heterocycles. The molecule has 0 fully saturated rings. The van der Waals surface area contributed by atoms with Crippen molar-refractivity contribution in [1.82, 2.24) is 5.32 Å². The number of hydrogen-bond donors (Lipinski definition) is 3. The van der Waals surface area contributed by atoms with E-state index in [1.54, 1.807) is 29.6 Å². The molecule has 2 aromatic rings. The molecule has 34 heavy (non-hydrogen) atoms. The molecule has 0 spiro atoms. The number of aliphatic hydroxyl groups is 1. The van der Waals surface area contributed by atoms with E-state index in [1.807, 2.05) is 6.07 Å². The number of ether oxygens (including phenoxy) is 1. The van der Waals surface area contributed by atoms with Crippen LogP contribution in [0.15, 0.2) is 55.1 Å². The lowest BCUT2D eigenvalue weighted by Crippen LogP contribution is -2.38. The SMILES string of the molecule is C=CCc1cc(C(=O)NC[C@@H](O)CC(OC)C(=O)Nc2ccc(F)cc2)cc(N(C)S(C)=O)c1. The van der Waals surface area contributed by atoms with Crippen molar-refractivity contribution < 1.29 is 28.0 Å². The van der Waals surface area contributed by atoms with E-state index in [1.165, 1.54) is 37.6 Å². The Bertz CT molecular complexity index is 1030. The van der Waals surface area contributed by atoms with E-state index < -0.39 is 40.8 Å². The number of carbonyl (C=O) groups excluding carboxylic acids is 2. The van der Waals surface area contributed by atoms with Gasteiger partial charge in [0.15, 0.2) is 0 Å². The molecule has 2 unspecified atom stereocenters. The van der Waals surface area contributed by atoms with Crippen LogP contribution in [-0.2, 0) is 26.9 Å². The monoisotopic (exact) mass is 491 g/mol. The van der Waals surface area contributed by atoms with Gasteiger partial charge in [-0.3, -0.25) is 13.9 Å². The van der Waals surface area contributed by atoms with Crippen LogP contribution in [0.3, 0.4) is 0 Å². The van der Waals surface area contributed by atoms with E-state index in [9.17, 15) is 23.3 Å². The largest absolute Gasteiger partial charge is 0.391 e. The molecule has 0 saturated carbocycles. The third-order valence-electron chi connectivity index (χ3n) is 5.04. The summed E-state index contributed by atoms with van der Waals surface area (Å²) in [7, 11) is 1.73. The van der Waals surface area contributed by atoms with E-state index in [-0.39, 0.29) is 13.0 Å². The zero-order valence-corrected chi connectivity index (χ0v) is 20.2. The highest BCUT2D eigenvalue weighted by molar-refractivity contribution is 7.85. The van der Waals surface area contributed by atoms with Crippen LogP contribution in [0, 0.1) is 5.82 Å². The van der Waals surface area contributed by atoms with Gasteiger partial charge in [-0.25, -0.2) is 8.60 Å². The number of rotatable bonds is 12. The molecule has 10 heteroatoms. The fraction of sp³-hybridized carbons (Fsp3) is 0.333. The number of halogens is 1. The quantitative estimate of drug-likeness (QED) is 0.395. The molecule has 3 N–H and O–H groups in total. The second kappa shape index (κ2) is 13.0. The minimum atomic E-state index is -1.27. The fourth-order valence-corrected chi connectivity index (χ4v) is 3.53. The molecule has 184 valence electrons. The molecular formula is C24H30FN3O5S. The number of allylic oxidation sites excluding steroid dienone is 1. The molecule has 0 radical (unpaired) electrons. The summed E-state index contributed by atoms with van der Waals surface area (Å²) in [6.07, 6.45) is 1.66. The molecule has 0 aliphatic heterocycles. The number of methoxy groups -OCH3 is 1. The normalized spacial score (nSPS) is 13.4. The number of benzene rings is 2. The number of anilines is 2. The summed E-state index contributed by atoms with van der Waals surface area (Å²) in [5, 5.41) is 15.6. The molecule has 3 atom stereocenters. The Morgan fingerprint density at radius 1 is 1.26 bits per heavy atom. The lowest BCUT2D eigenvalue weighted by molar-refractivity contribution is -0.127. The summed E-state index contributed by atoms with van der Waals surface area (Å²) in [6.45, 7) is 3.60. The van der Waals surface area contributed by atoms with Crippen LogP contribution in [0.2, 0.25) is 0 Å². The Labute approximate surface area is 201 Å². The molecule has 2 amide bonds. The third-order valence-corrected chi connectivity index (χ3v) is 6.02. The van der Waals surface area contributed by atoms with Crippen molar-refractivity contribution in [1.29, 1.82) is 0 Å². The van der Waals surface area contributed by atoms with Crippen LogP contribution in [0.25, 0.3) is 0 Å². The van der Waals surface area contributed by atoms with E-state index in [4.69, 9.17) is 4.74 Å². The maximum absolute atomic E-state index is 13.0. The van der Waals surface area contributed by atoms with E-state index in [0.29, 0.717) is 23.4 Å². The molecule has 2 rings (SSSR count). The van der Waals surface area contributed by atoms with Gasteiger partial charge >= 0.3 is 0 Å². The number of hydrogen-bond acceptors (Lipinski definition) is 5. The zero-order valence-electron chi connectivity index (χ0n) is 19.4. The Morgan fingerprint density at radius 2 is 1.94 bits per heavy atom. The van der Waals surface area contributed by atoms with E-state index in [0.717, 1.165) is 5.56 Å². The van der Waals surface area contributed by atoms with Crippen molar-refractivity contribution in [3.05, 3.63) is 72.1 Å². The summed E-state index contributed by atoms with van der Waals surface area (Å²) in [5.41, 5.74) is 2.18. The second-order valence-electron chi connectivity index (χ2n) is 7.62. The van der Waals surface area contributed by atoms with Gasteiger partial charge < -0.3 is 20.5 Å². The summed E-state index contributed by atoms with van der Waals surface area (Å²) in [4.78, 5) is 25.1. The Hall–Kier alpha value is -3.08. The van der Waals surface area contributed by atoms with Crippen LogP contribution >= 0.6 is 0 Å². The number of nitrogens with zero attached hydrogens (tertiary/aromatic N) is 1. The molecule has 2 aromatic carbocycles. The minimum absolute atomic E-state index is 0.0664. The molecule has 8 nitrogen and oxygen atoms in total. The van der Waals surface area contributed by atoms with Gasteiger partial charge in [-0.05, 0) is 54.4 Å². The zero-order chi connectivity index (χ0) is 25.3. The summed E-state index contributed by atoms with van der Waals surface area (Å²) in [6, 6.07) is 10.4. The van der Waals surface area contributed by atoms with Crippen LogP contribution < -0.4 is 14.9 Å². The average molecular weight is 492 g/mol. The predicted molar refractivity (Wildman–Crippen MR) is 132 cm³/mol. The van der Waals surface area contributed by atoms with E-state index in [2.05, 4.69) is 17.2 Å². The summed E-state index contributed by atoms with van der Waals surface area (Å²) >= 11 is 0. The first kappa shape index (κ1) is 27.2. The van der Waals surface area contributed by atoms with Crippen molar-refractivity contribution in [3.8, 4) is 0 Å². The number of amides is 2. The molecule has 0 bridgehead atoms. The van der Waals surface area contributed by atoms with Gasteiger partial charge in [0.05, 0.1) is 6.10 Å². The standard InChI is InChI=1S/C24H30FN3O5S/c1-5-6-16-11-17(13-20(12-16)28(2)34(4)32)23(30)26-15-21(29)14-22(33-3)24(31)27-19-9-7-18(25)8-10-19/h5,7-13,21-22,29H,1,6,14-15H2,2-4H3,(H,26,30)(H,27,31)/t21-,22?,34?/m0/s1. The van der Waals surface area contributed by atoms with Gasteiger partial charge in [0.25, 0.3) is 11.8 Å². The van der Waals surface area contributed by atoms with Gasteiger partial charge in [0.2, 0.25) is 0 Å². The Kier molecular flexibility index (Phi) is 10.4. The van der Waals surface area contributed by atoms with Crippen molar-refractivity contribution in [2.24, 2.45) is 0 Å². The Morgan fingerprint density at radius 3 is 2.53 bits per heavy atom. The highest BCUT2D eigenvalue weighted by Gasteiger charge is 2.23. The molecule has 0 aromatic heterocycles. The van der Waals surface area contributed by atoms with Crippen LogP contribution in [0.1, 0.15) is 22.3 Å². The molecule has 0 heterocycles. The van der Waals surface area contributed by atoms with Crippen LogP contribution in [-0.4, -0.2) is 60.3 Å². The summed E-state index contributed by atoms with van der Waals surface area (Å²) < 4.78 is 31.6. The predicted octanol–water partition coefficient (Wildman–Crippen LogP) is 2.42. The lowest BCUT2D eigenvalue weighted by atomic mass is 10.1. The number of carbonyl (C=O) groups is 2. The number of aliphatic hydroxyl groups excluding tert-OH is 1. The summed E-state index contributed by atoms with van der Waals surface area (Å²) in [5.74, 6) is -1.35. The van der Waals surface area contributed by atoms with Gasteiger partial charge in [-0.2, -0.15) is 0 Å². The van der Waals surface area contributed by atoms with Gasteiger partial charge in [0, 0.05) is 50.3 Å². The van der Waals surface area contributed by atoms with Gasteiger partial charge in [-0.15, -0.1) is 6.58 Å². The average Bonchev–Trinajstić information content (AvgIpc) is 2.81. The van der Waals surface area contributed by atoms with Crippen molar-refractivity contribution >= 4 is 34.2 Å². The maximum atomic E-state index is 13.0. The van der Waals surface area contributed by atoms with Crippen LogP contribution in [0.5, 0.6) is 0 Å². The highest BCUT2D eigenvalue weighted by atomic mass is 32.2. The third kappa shape index (κ3) is 8.05. The minimum Gasteiger partial charge on any atom is -0.391 e. The first-order valence-corrected chi connectivity index (χ1v) is 12.0. The highest BCUT2D eigenvalue weighted by Crippen LogP contribution is 2.20. The van der Waals surface area contributed by atoms with Gasteiger partial charge in [-0.1, -0.05) is 6.08 Å². The Balaban J connectivity index is 2.00. The van der Waals surface area contributed by atoms with Gasteiger partial charge in [0.1, 0.15) is 22.9 Å². The topological polar surface area (TPSA) is 108 Å². The first-order valence-electron chi connectivity index (χ1n) is 10.5. The lowest BCUT2D eigenvalue weighted by Gasteiger charge is -2.20. The van der Waals surface area contributed by atoms with Crippen molar-refractivity contribution in [2.45, 2.75) is 25.0 Å².